The lowest BCUT2D eigenvalue weighted by Gasteiger charge is -2.29. The third-order valence-electron chi connectivity index (χ3n) is 9.94. The Balaban J connectivity index is 1.80. The number of aryl methyl sites for hydroxylation is 2. The van der Waals surface area contributed by atoms with E-state index in [-0.39, 0.29) is 66.5 Å². The molecule has 1 fully saturated rings. The summed E-state index contributed by atoms with van der Waals surface area (Å²) in [5.74, 6) is -4.90. The maximum absolute atomic E-state index is 14.8. The van der Waals surface area contributed by atoms with Crippen molar-refractivity contribution < 1.29 is 26.0 Å². The van der Waals surface area contributed by atoms with Gasteiger partial charge in [-0.25, -0.2) is 35.9 Å². The van der Waals surface area contributed by atoms with Crippen LogP contribution in [0.1, 0.15) is 97.6 Å². The van der Waals surface area contributed by atoms with Crippen LogP contribution in [-0.4, -0.2) is 46.1 Å². The SMILES string of the molecule is Cc1ccc(-n2c(C(Cc3cc(F)cc(F)c3)C(C)C)nc3nc(C4CCC(F)(F)CC4)cc(C)c3c2=O)c(C)c1C(=N)C(C)S(C)(=O)=O. The largest absolute Gasteiger partial charge is 0.303 e. The Hall–Kier alpha value is -3.93. The number of rotatable bonds is 9. The first-order chi connectivity index (χ1) is 22.8. The quantitative estimate of drug-likeness (QED) is 0.141. The van der Waals surface area contributed by atoms with Crippen molar-refractivity contribution >= 4 is 26.6 Å². The zero-order valence-corrected chi connectivity index (χ0v) is 29.6. The standard InChI is InChI=1S/C37H42F4N4O3S/c1-19(2)28(17-24-15-26(38)18-27(39)16-24)35-44-34-32(21(4)14-29(43-34)25-10-12-37(40,41)13-11-25)36(46)45(35)30-9-8-20(3)31(22(30)5)33(42)23(6)49(7,47)48/h8-9,14-16,18-19,23,25,28,42H,10-13,17H2,1-7H3. The molecule has 0 aliphatic heterocycles. The van der Waals surface area contributed by atoms with E-state index in [0.717, 1.165) is 12.3 Å². The van der Waals surface area contributed by atoms with Crippen molar-refractivity contribution in [3.8, 4) is 5.69 Å². The molecule has 7 nitrogen and oxygen atoms in total. The molecule has 1 N–H and O–H groups in total. The second-order valence-corrected chi connectivity index (χ2v) is 16.3. The molecular weight excluding hydrogens is 656 g/mol. The highest BCUT2D eigenvalue weighted by molar-refractivity contribution is 7.92. The van der Waals surface area contributed by atoms with E-state index in [2.05, 4.69) is 0 Å². The van der Waals surface area contributed by atoms with Crippen LogP contribution in [0.3, 0.4) is 0 Å². The van der Waals surface area contributed by atoms with E-state index in [4.69, 9.17) is 15.4 Å². The molecule has 1 aliphatic rings. The Labute approximate surface area is 284 Å². The fourth-order valence-corrected chi connectivity index (χ4v) is 7.49. The molecule has 262 valence electrons. The molecule has 1 saturated carbocycles. The van der Waals surface area contributed by atoms with Crippen LogP contribution in [-0.2, 0) is 16.3 Å². The Bertz CT molecular complexity index is 2100. The van der Waals surface area contributed by atoms with Gasteiger partial charge in [-0.1, -0.05) is 19.9 Å². The van der Waals surface area contributed by atoms with Crippen molar-refractivity contribution in [1.82, 2.24) is 14.5 Å². The molecule has 0 amide bonds. The van der Waals surface area contributed by atoms with Crippen molar-refractivity contribution in [3.63, 3.8) is 0 Å². The van der Waals surface area contributed by atoms with Crippen LogP contribution < -0.4 is 5.56 Å². The number of benzene rings is 2. The number of alkyl halides is 2. The fraction of sp³-hybridized carbons (Fsp3) is 0.459. The van der Waals surface area contributed by atoms with Crippen LogP contribution in [0.2, 0.25) is 0 Å². The van der Waals surface area contributed by atoms with Crippen LogP contribution in [0.4, 0.5) is 17.6 Å². The van der Waals surface area contributed by atoms with Gasteiger partial charge in [0.1, 0.15) is 22.7 Å². The molecule has 2 atom stereocenters. The summed E-state index contributed by atoms with van der Waals surface area (Å²) in [6.07, 6.45) is 1.19. The van der Waals surface area contributed by atoms with Crippen LogP contribution >= 0.6 is 0 Å². The minimum atomic E-state index is -3.61. The molecule has 2 aromatic carbocycles. The third kappa shape index (κ3) is 7.34. The maximum Gasteiger partial charge on any atom is 0.267 e. The summed E-state index contributed by atoms with van der Waals surface area (Å²) >= 11 is 0. The van der Waals surface area contributed by atoms with Gasteiger partial charge in [0.15, 0.2) is 15.5 Å². The third-order valence-corrected chi connectivity index (χ3v) is 11.5. The Morgan fingerprint density at radius 3 is 2.16 bits per heavy atom. The summed E-state index contributed by atoms with van der Waals surface area (Å²) in [6.45, 7) is 10.5. The topological polar surface area (TPSA) is 106 Å². The average Bonchev–Trinajstić information content (AvgIpc) is 2.98. The van der Waals surface area contributed by atoms with E-state index >= 15 is 0 Å². The molecule has 12 heteroatoms. The number of nitrogens with one attached hydrogen (secondary N) is 1. The zero-order chi connectivity index (χ0) is 36.2. The van der Waals surface area contributed by atoms with Gasteiger partial charge in [-0.2, -0.15) is 0 Å². The number of hydrogen-bond acceptors (Lipinski definition) is 6. The second kappa shape index (κ2) is 13.4. The number of fused-ring (bicyclic) bond motifs is 1. The van der Waals surface area contributed by atoms with Crippen LogP contribution in [0.25, 0.3) is 16.7 Å². The summed E-state index contributed by atoms with van der Waals surface area (Å²) < 4.78 is 83.1. The number of hydrogen-bond donors (Lipinski definition) is 1. The summed E-state index contributed by atoms with van der Waals surface area (Å²) in [5.41, 5.74) is 3.04. The number of nitrogens with zero attached hydrogens (tertiary/aromatic N) is 3. The summed E-state index contributed by atoms with van der Waals surface area (Å²) in [6, 6.07) is 8.48. The van der Waals surface area contributed by atoms with Crippen molar-refractivity contribution in [3.05, 3.63) is 97.7 Å². The van der Waals surface area contributed by atoms with Gasteiger partial charge in [0.25, 0.3) is 5.56 Å². The number of pyridine rings is 1. The van der Waals surface area contributed by atoms with Gasteiger partial charge in [-0.05, 0) is 99.4 Å². The number of aromatic nitrogens is 3. The number of sulfone groups is 1. The molecular formula is C37H42F4N4O3S. The molecule has 1 aliphatic carbocycles. The molecule has 2 heterocycles. The van der Waals surface area contributed by atoms with E-state index in [0.29, 0.717) is 39.2 Å². The molecule has 2 aromatic heterocycles. The van der Waals surface area contributed by atoms with Gasteiger partial charge in [0.05, 0.1) is 16.8 Å². The average molecular weight is 699 g/mol. The van der Waals surface area contributed by atoms with Crippen molar-refractivity contribution in [2.45, 2.75) is 96.7 Å². The van der Waals surface area contributed by atoms with Gasteiger partial charge in [-0.3, -0.25) is 9.36 Å². The molecule has 0 spiro atoms. The molecule has 0 bridgehead atoms. The lowest BCUT2D eigenvalue weighted by Crippen LogP contribution is -2.31. The van der Waals surface area contributed by atoms with Gasteiger partial charge in [0, 0.05) is 48.3 Å². The Morgan fingerprint density at radius 2 is 1.59 bits per heavy atom. The zero-order valence-electron chi connectivity index (χ0n) is 28.8. The van der Waals surface area contributed by atoms with Gasteiger partial charge < -0.3 is 5.41 Å². The molecule has 49 heavy (non-hydrogen) atoms. The fourth-order valence-electron chi connectivity index (χ4n) is 6.94. The van der Waals surface area contributed by atoms with E-state index in [9.17, 15) is 30.8 Å². The summed E-state index contributed by atoms with van der Waals surface area (Å²) in [4.78, 5) is 24.5. The highest BCUT2D eigenvalue weighted by atomic mass is 32.2. The predicted molar refractivity (Wildman–Crippen MR) is 184 cm³/mol. The number of halogens is 4. The molecule has 0 saturated heterocycles. The lowest BCUT2D eigenvalue weighted by atomic mass is 9.84. The highest BCUT2D eigenvalue weighted by Crippen LogP contribution is 2.41. The first-order valence-corrected chi connectivity index (χ1v) is 18.4. The summed E-state index contributed by atoms with van der Waals surface area (Å²) in [7, 11) is -3.61. The van der Waals surface area contributed by atoms with Crippen LogP contribution in [0.15, 0.2) is 41.2 Å². The first kappa shape index (κ1) is 36.4. The molecule has 5 rings (SSSR count). The second-order valence-electron chi connectivity index (χ2n) is 13.9. The minimum absolute atomic E-state index is 0.112. The molecule has 2 unspecified atom stereocenters. The predicted octanol–water partition coefficient (Wildman–Crippen LogP) is 8.06. The first-order valence-electron chi connectivity index (χ1n) is 16.4. The van der Waals surface area contributed by atoms with Crippen LogP contribution in [0.5, 0.6) is 0 Å². The van der Waals surface area contributed by atoms with Crippen LogP contribution in [0, 0.1) is 43.7 Å². The van der Waals surface area contributed by atoms with Crippen molar-refractivity contribution in [2.24, 2.45) is 5.92 Å². The smallest absolute Gasteiger partial charge is 0.267 e. The highest BCUT2D eigenvalue weighted by Gasteiger charge is 2.36. The summed E-state index contributed by atoms with van der Waals surface area (Å²) in [5, 5.41) is 8.00. The van der Waals surface area contributed by atoms with E-state index in [1.165, 1.54) is 23.6 Å². The molecule has 4 aromatic rings. The Morgan fingerprint density at radius 1 is 0.980 bits per heavy atom. The van der Waals surface area contributed by atoms with E-state index in [1.807, 2.05) is 13.8 Å². The van der Waals surface area contributed by atoms with Gasteiger partial charge in [0.2, 0.25) is 5.92 Å². The Kier molecular flexibility index (Phi) is 9.95. The van der Waals surface area contributed by atoms with E-state index < -0.39 is 44.1 Å². The van der Waals surface area contributed by atoms with E-state index in [1.54, 1.807) is 39.0 Å². The lowest BCUT2D eigenvalue weighted by molar-refractivity contribution is -0.0384. The normalized spacial score (nSPS) is 16.7. The van der Waals surface area contributed by atoms with Crippen molar-refractivity contribution in [1.29, 1.82) is 5.41 Å². The molecule has 0 radical (unpaired) electrons. The monoisotopic (exact) mass is 698 g/mol. The van der Waals surface area contributed by atoms with Gasteiger partial charge >= 0.3 is 0 Å². The maximum atomic E-state index is 14.8. The minimum Gasteiger partial charge on any atom is -0.303 e. The van der Waals surface area contributed by atoms with Gasteiger partial charge in [-0.15, -0.1) is 0 Å². The van der Waals surface area contributed by atoms with Crippen molar-refractivity contribution in [2.75, 3.05) is 6.26 Å².